The molecule has 3 aromatic heterocycles. The van der Waals surface area contributed by atoms with E-state index in [9.17, 15) is 4.79 Å². The molecule has 252 valence electrons. The first kappa shape index (κ1) is 34.7. The minimum atomic E-state index is -3.02. The van der Waals surface area contributed by atoms with Gasteiger partial charge in [-0.3, -0.25) is 13.9 Å². The SMILES string of the molecule is CC(C)C(=O)Nc1ncnc2c1ncn2C1OC2CO[Si](C(C)C)(C(C)C)O[Si](C(C)C)(C(C)C)OC2C1OC(=S)n1ccnc1. The van der Waals surface area contributed by atoms with E-state index in [-0.39, 0.29) is 45.8 Å². The van der Waals surface area contributed by atoms with Crippen molar-refractivity contribution in [3.8, 4) is 0 Å². The lowest BCUT2D eigenvalue weighted by Gasteiger charge is -2.51. The van der Waals surface area contributed by atoms with Crippen molar-refractivity contribution in [2.24, 2.45) is 5.92 Å². The van der Waals surface area contributed by atoms with E-state index in [0.29, 0.717) is 17.0 Å². The van der Waals surface area contributed by atoms with E-state index in [1.807, 2.05) is 13.8 Å². The zero-order valence-electron chi connectivity index (χ0n) is 28.3. The smallest absolute Gasteiger partial charge is 0.335 e. The molecular weight excluding hydrogens is 643 g/mol. The number of fused-ring (bicyclic) bond motifs is 2. The average Bonchev–Trinajstić information content (AvgIpc) is 3.73. The number of ether oxygens (including phenoxy) is 2. The summed E-state index contributed by atoms with van der Waals surface area (Å²) < 4.78 is 38.6. The molecule has 5 heterocycles. The minimum absolute atomic E-state index is 0.105. The molecule has 46 heavy (non-hydrogen) atoms. The van der Waals surface area contributed by atoms with Crippen LogP contribution in [0, 0.1) is 5.92 Å². The van der Waals surface area contributed by atoms with E-state index < -0.39 is 41.7 Å². The summed E-state index contributed by atoms with van der Waals surface area (Å²) in [7, 11) is -5.82. The van der Waals surface area contributed by atoms with Gasteiger partial charge in [-0.2, -0.15) is 0 Å². The number of aromatic nitrogens is 6. The topological polar surface area (TPSA) is 137 Å². The molecule has 0 bridgehead atoms. The first-order chi connectivity index (χ1) is 21.7. The van der Waals surface area contributed by atoms with Gasteiger partial charge in [0, 0.05) is 18.3 Å². The lowest BCUT2D eigenvalue weighted by atomic mass is 10.1. The summed E-state index contributed by atoms with van der Waals surface area (Å²) in [6.45, 7) is 21.3. The Balaban J connectivity index is 1.62. The molecule has 0 radical (unpaired) electrons. The predicted molar refractivity (Wildman–Crippen MR) is 182 cm³/mol. The van der Waals surface area contributed by atoms with Crippen molar-refractivity contribution in [1.82, 2.24) is 29.1 Å². The van der Waals surface area contributed by atoms with Crippen LogP contribution in [0.1, 0.15) is 75.5 Å². The molecule has 2 aliphatic heterocycles. The Morgan fingerprint density at radius 3 is 2.24 bits per heavy atom. The summed E-state index contributed by atoms with van der Waals surface area (Å²) in [5.41, 5.74) is 1.48. The van der Waals surface area contributed by atoms with Crippen molar-refractivity contribution in [2.75, 3.05) is 11.9 Å². The van der Waals surface area contributed by atoms with Gasteiger partial charge in [0.25, 0.3) is 5.17 Å². The van der Waals surface area contributed by atoms with Crippen LogP contribution < -0.4 is 5.32 Å². The van der Waals surface area contributed by atoms with Crippen LogP contribution in [0.3, 0.4) is 0 Å². The van der Waals surface area contributed by atoms with E-state index in [0.717, 1.165) is 0 Å². The number of carbonyl (C=O) groups is 1. The third-order valence-corrected chi connectivity index (χ3v) is 19.5. The second-order valence-electron chi connectivity index (χ2n) is 13.6. The Hall–Kier alpha value is -2.61. The van der Waals surface area contributed by atoms with Crippen LogP contribution in [-0.4, -0.2) is 82.2 Å². The van der Waals surface area contributed by atoms with E-state index in [2.05, 4.69) is 80.6 Å². The summed E-state index contributed by atoms with van der Waals surface area (Å²) in [6.07, 6.45) is 5.40. The van der Waals surface area contributed by atoms with Gasteiger partial charge in [0.2, 0.25) is 5.91 Å². The summed E-state index contributed by atoms with van der Waals surface area (Å²) in [6, 6.07) is 0. The van der Waals surface area contributed by atoms with Crippen LogP contribution >= 0.6 is 12.2 Å². The van der Waals surface area contributed by atoms with Crippen LogP contribution in [-0.2, 0) is 27.2 Å². The predicted octanol–water partition coefficient (Wildman–Crippen LogP) is 5.69. The summed E-state index contributed by atoms with van der Waals surface area (Å²) >= 11 is 5.75. The van der Waals surface area contributed by atoms with Crippen LogP contribution in [0.4, 0.5) is 5.82 Å². The number of anilines is 1. The van der Waals surface area contributed by atoms with Gasteiger partial charge in [-0.15, -0.1) is 0 Å². The lowest BCUT2D eigenvalue weighted by molar-refractivity contribution is -0.118. The van der Waals surface area contributed by atoms with Gasteiger partial charge in [0.1, 0.15) is 24.9 Å². The molecule has 2 aliphatic rings. The van der Waals surface area contributed by atoms with Gasteiger partial charge in [-0.1, -0.05) is 69.2 Å². The van der Waals surface area contributed by atoms with Gasteiger partial charge in [0.05, 0.1) is 12.9 Å². The van der Waals surface area contributed by atoms with E-state index >= 15 is 0 Å². The Morgan fingerprint density at radius 2 is 1.65 bits per heavy atom. The zero-order chi connectivity index (χ0) is 33.6. The molecule has 4 unspecified atom stereocenters. The normalized spacial score (nSPS) is 24.5. The maximum absolute atomic E-state index is 12.6. The van der Waals surface area contributed by atoms with Crippen molar-refractivity contribution < 1.29 is 27.2 Å². The summed E-state index contributed by atoms with van der Waals surface area (Å²) in [4.78, 5) is 30.1. The summed E-state index contributed by atoms with van der Waals surface area (Å²) in [5.74, 6) is -0.0860. The maximum atomic E-state index is 12.6. The van der Waals surface area contributed by atoms with Gasteiger partial charge < -0.3 is 27.8 Å². The highest BCUT2D eigenvalue weighted by Crippen LogP contribution is 2.49. The largest absolute Gasteiger partial charge is 0.459 e. The number of rotatable bonds is 8. The fourth-order valence-corrected chi connectivity index (χ4v) is 17.8. The molecule has 16 heteroatoms. The highest BCUT2D eigenvalue weighted by Gasteiger charge is 2.62. The quantitative estimate of drug-likeness (QED) is 0.231. The second kappa shape index (κ2) is 13.5. The van der Waals surface area contributed by atoms with Crippen LogP contribution in [0.25, 0.3) is 11.2 Å². The Labute approximate surface area is 278 Å². The molecule has 0 aromatic carbocycles. The number of thiocarbonyl (C=S) groups is 1. The zero-order valence-corrected chi connectivity index (χ0v) is 31.1. The monoisotopic (exact) mass is 689 g/mol. The van der Waals surface area contributed by atoms with Crippen LogP contribution in [0.2, 0.25) is 22.2 Å². The third kappa shape index (κ3) is 6.20. The second-order valence-corrected chi connectivity index (χ2v) is 22.8. The van der Waals surface area contributed by atoms with Crippen molar-refractivity contribution in [3.05, 3.63) is 31.4 Å². The molecule has 1 amide bonds. The number of amides is 1. The number of hydrogen-bond acceptors (Lipinski definition) is 11. The first-order valence-corrected chi connectivity index (χ1v) is 20.4. The third-order valence-electron chi connectivity index (χ3n) is 8.97. The number of carbonyl (C=O) groups excluding carboxylic acids is 1. The van der Waals surface area contributed by atoms with Crippen molar-refractivity contribution in [2.45, 2.75) is 116 Å². The van der Waals surface area contributed by atoms with Crippen molar-refractivity contribution >= 4 is 57.4 Å². The minimum Gasteiger partial charge on any atom is -0.459 e. The molecule has 2 saturated heterocycles. The molecule has 1 N–H and O–H groups in total. The molecule has 3 aromatic rings. The molecule has 4 atom stereocenters. The summed E-state index contributed by atoms with van der Waals surface area (Å²) in [5, 5.41) is 3.06. The van der Waals surface area contributed by atoms with Gasteiger partial charge >= 0.3 is 17.1 Å². The molecule has 2 fully saturated rings. The average molecular weight is 690 g/mol. The highest BCUT2D eigenvalue weighted by molar-refractivity contribution is 7.80. The van der Waals surface area contributed by atoms with E-state index in [4.69, 9.17) is 34.7 Å². The van der Waals surface area contributed by atoms with Gasteiger partial charge in [-0.25, -0.2) is 19.9 Å². The van der Waals surface area contributed by atoms with Gasteiger partial charge in [0.15, 0.2) is 29.3 Å². The Kier molecular flexibility index (Phi) is 10.2. The molecule has 5 rings (SSSR count). The number of nitrogens with zero attached hydrogens (tertiary/aromatic N) is 6. The van der Waals surface area contributed by atoms with Crippen LogP contribution in [0.5, 0.6) is 0 Å². The fourth-order valence-electron chi connectivity index (χ4n) is 6.41. The van der Waals surface area contributed by atoms with Crippen molar-refractivity contribution in [3.63, 3.8) is 0 Å². The molecule has 13 nitrogen and oxygen atoms in total. The number of imidazole rings is 2. The number of hydrogen-bond donors (Lipinski definition) is 1. The van der Waals surface area contributed by atoms with Crippen molar-refractivity contribution in [1.29, 1.82) is 0 Å². The fraction of sp³-hybridized carbons (Fsp3) is 0.667. The van der Waals surface area contributed by atoms with Gasteiger partial charge in [-0.05, 0) is 34.4 Å². The maximum Gasteiger partial charge on any atom is 0.335 e. The molecule has 0 aliphatic carbocycles. The first-order valence-electron chi connectivity index (χ1n) is 16.1. The highest BCUT2D eigenvalue weighted by atomic mass is 32.1. The number of nitrogens with one attached hydrogen (secondary N) is 1. The molecule has 0 saturated carbocycles. The molecular formula is C30H47N7O6SSi2. The van der Waals surface area contributed by atoms with E-state index in [1.165, 1.54) is 6.33 Å². The lowest BCUT2D eigenvalue weighted by Crippen LogP contribution is -2.66. The van der Waals surface area contributed by atoms with Crippen LogP contribution in [0.15, 0.2) is 31.4 Å². The Bertz CT molecular complexity index is 1520. The molecule has 0 spiro atoms. The standard InChI is InChI=1S/C30H47N7O6SSi2/c1-17(2)28(38)35-26-23-27(33-14-32-26)37(16-34-23)29-25(41-30(44)36-12-11-31-15-36)24-22(40-29)13-39-45(18(3)4,19(5)6)43-46(42-24,20(7)8)21(9)10/h11-12,14-22,24-25,29H,13H2,1-10H3,(H,32,33,35,38). The van der Waals surface area contributed by atoms with E-state index in [1.54, 1.807) is 34.2 Å². The Morgan fingerprint density at radius 1 is 0.978 bits per heavy atom.